The van der Waals surface area contributed by atoms with E-state index >= 15 is 0 Å². The quantitative estimate of drug-likeness (QED) is 0.870. The Hall–Kier alpha value is -1.39. The van der Waals surface area contributed by atoms with Crippen LogP contribution in [0.4, 0.5) is 4.39 Å². The normalized spacial score (nSPS) is 12.2. The standard InChI is InChI=1S/C16H17BrFNO/c1-11(12-6-8-14(20-2)9-7-12)19-10-13-4-3-5-15(18)16(13)17/h3-9,11,19H,10H2,1-2H3. The molecule has 0 bridgehead atoms. The van der Waals surface area contributed by atoms with Crippen LogP contribution in [0.1, 0.15) is 24.1 Å². The van der Waals surface area contributed by atoms with E-state index in [0.29, 0.717) is 11.0 Å². The Balaban J connectivity index is 2.00. The van der Waals surface area contributed by atoms with Crippen molar-refractivity contribution < 1.29 is 9.13 Å². The van der Waals surface area contributed by atoms with E-state index in [4.69, 9.17) is 4.74 Å². The van der Waals surface area contributed by atoms with E-state index in [1.807, 2.05) is 30.3 Å². The maximum atomic E-state index is 13.4. The number of ether oxygens (including phenoxy) is 1. The maximum absolute atomic E-state index is 13.4. The second-order valence-corrected chi connectivity index (χ2v) is 5.38. The minimum atomic E-state index is -0.235. The van der Waals surface area contributed by atoms with Gasteiger partial charge in [0.1, 0.15) is 11.6 Å². The van der Waals surface area contributed by atoms with Gasteiger partial charge in [-0.25, -0.2) is 4.39 Å². The fourth-order valence-corrected chi connectivity index (χ4v) is 2.36. The molecule has 2 aromatic carbocycles. The van der Waals surface area contributed by atoms with Crippen molar-refractivity contribution in [3.8, 4) is 5.75 Å². The highest BCUT2D eigenvalue weighted by molar-refractivity contribution is 9.10. The van der Waals surface area contributed by atoms with Crippen LogP contribution in [-0.4, -0.2) is 7.11 Å². The van der Waals surface area contributed by atoms with Crippen LogP contribution in [0.25, 0.3) is 0 Å². The highest BCUT2D eigenvalue weighted by atomic mass is 79.9. The van der Waals surface area contributed by atoms with Gasteiger partial charge in [0.25, 0.3) is 0 Å². The van der Waals surface area contributed by atoms with Gasteiger partial charge >= 0.3 is 0 Å². The number of hydrogen-bond donors (Lipinski definition) is 1. The lowest BCUT2D eigenvalue weighted by atomic mass is 10.1. The van der Waals surface area contributed by atoms with Crippen LogP contribution in [0, 0.1) is 5.82 Å². The van der Waals surface area contributed by atoms with Crippen molar-refractivity contribution in [1.29, 1.82) is 0 Å². The van der Waals surface area contributed by atoms with Crippen molar-refractivity contribution >= 4 is 15.9 Å². The number of methoxy groups -OCH3 is 1. The predicted molar refractivity (Wildman–Crippen MR) is 82.3 cm³/mol. The predicted octanol–water partition coefficient (Wildman–Crippen LogP) is 4.45. The average Bonchev–Trinajstić information content (AvgIpc) is 2.48. The van der Waals surface area contributed by atoms with E-state index in [0.717, 1.165) is 11.3 Å². The van der Waals surface area contributed by atoms with Gasteiger partial charge in [0, 0.05) is 12.6 Å². The molecule has 1 atom stereocenters. The van der Waals surface area contributed by atoms with Gasteiger partial charge in [0.15, 0.2) is 0 Å². The molecule has 0 saturated heterocycles. The van der Waals surface area contributed by atoms with E-state index in [1.165, 1.54) is 11.6 Å². The molecule has 20 heavy (non-hydrogen) atoms. The fourth-order valence-electron chi connectivity index (χ4n) is 1.96. The molecule has 2 rings (SSSR count). The van der Waals surface area contributed by atoms with Crippen molar-refractivity contribution in [2.45, 2.75) is 19.5 Å². The van der Waals surface area contributed by atoms with Gasteiger partial charge in [-0.15, -0.1) is 0 Å². The maximum Gasteiger partial charge on any atom is 0.137 e. The fraction of sp³-hybridized carbons (Fsp3) is 0.250. The van der Waals surface area contributed by atoms with Crippen LogP contribution in [0.15, 0.2) is 46.9 Å². The molecular formula is C16H17BrFNO. The number of hydrogen-bond acceptors (Lipinski definition) is 2. The van der Waals surface area contributed by atoms with Gasteiger partial charge in [0.05, 0.1) is 11.6 Å². The lowest BCUT2D eigenvalue weighted by molar-refractivity contribution is 0.414. The minimum Gasteiger partial charge on any atom is -0.497 e. The molecule has 0 fully saturated rings. The van der Waals surface area contributed by atoms with Crippen molar-refractivity contribution in [1.82, 2.24) is 5.32 Å². The van der Waals surface area contributed by atoms with Crippen molar-refractivity contribution in [3.63, 3.8) is 0 Å². The van der Waals surface area contributed by atoms with Crippen LogP contribution in [0.2, 0.25) is 0 Å². The first-order chi connectivity index (χ1) is 9.61. The van der Waals surface area contributed by atoms with Crippen LogP contribution < -0.4 is 10.1 Å². The molecule has 0 aliphatic heterocycles. The van der Waals surface area contributed by atoms with Crippen LogP contribution in [0.5, 0.6) is 5.75 Å². The molecule has 0 radical (unpaired) electrons. The summed E-state index contributed by atoms with van der Waals surface area (Å²) in [6.45, 7) is 2.68. The first-order valence-corrected chi connectivity index (χ1v) is 7.21. The Kier molecular flexibility index (Phi) is 5.15. The molecule has 4 heteroatoms. The molecule has 0 spiro atoms. The third kappa shape index (κ3) is 3.58. The summed E-state index contributed by atoms with van der Waals surface area (Å²) >= 11 is 3.27. The van der Waals surface area contributed by atoms with Gasteiger partial charge in [-0.2, -0.15) is 0 Å². The number of benzene rings is 2. The summed E-state index contributed by atoms with van der Waals surface area (Å²) in [6, 6.07) is 13.2. The third-order valence-corrected chi connectivity index (χ3v) is 4.13. The second kappa shape index (κ2) is 6.86. The van der Waals surface area contributed by atoms with Crippen LogP contribution in [-0.2, 0) is 6.54 Å². The first-order valence-electron chi connectivity index (χ1n) is 6.42. The summed E-state index contributed by atoms with van der Waals surface area (Å²) < 4.78 is 19.1. The van der Waals surface area contributed by atoms with Crippen LogP contribution >= 0.6 is 15.9 Å². The highest BCUT2D eigenvalue weighted by Crippen LogP contribution is 2.22. The summed E-state index contributed by atoms with van der Waals surface area (Å²) in [7, 11) is 1.65. The molecular weight excluding hydrogens is 321 g/mol. The molecule has 0 aromatic heterocycles. The number of halogens is 2. The Morgan fingerprint density at radius 2 is 1.90 bits per heavy atom. The summed E-state index contributed by atoms with van der Waals surface area (Å²) in [5.74, 6) is 0.607. The van der Waals surface area contributed by atoms with Gasteiger partial charge in [-0.1, -0.05) is 24.3 Å². The van der Waals surface area contributed by atoms with Crippen molar-refractivity contribution in [2.24, 2.45) is 0 Å². The van der Waals surface area contributed by atoms with Crippen molar-refractivity contribution in [2.75, 3.05) is 7.11 Å². The molecule has 0 heterocycles. The molecule has 0 aliphatic rings. The third-order valence-electron chi connectivity index (χ3n) is 3.25. The molecule has 2 nitrogen and oxygen atoms in total. The van der Waals surface area contributed by atoms with E-state index in [-0.39, 0.29) is 11.9 Å². The zero-order valence-corrected chi connectivity index (χ0v) is 13.1. The second-order valence-electron chi connectivity index (χ2n) is 4.59. The van der Waals surface area contributed by atoms with Crippen molar-refractivity contribution in [3.05, 3.63) is 63.9 Å². The summed E-state index contributed by atoms with van der Waals surface area (Å²) in [6.07, 6.45) is 0. The largest absolute Gasteiger partial charge is 0.497 e. The molecule has 106 valence electrons. The molecule has 2 aromatic rings. The zero-order valence-electron chi connectivity index (χ0n) is 11.5. The van der Waals surface area contributed by atoms with Crippen LogP contribution in [0.3, 0.4) is 0 Å². The number of nitrogens with one attached hydrogen (secondary N) is 1. The van der Waals surface area contributed by atoms with Gasteiger partial charge in [-0.05, 0) is 52.2 Å². The average molecular weight is 338 g/mol. The van der Waals surface area contributed by atoms with Gasteiger partial charge < -0.3 is 10.1 Å². The lowest BCUT2D eigenvalue weighted by Crippen LogP contribution is -2.18. The summed E-state index contributed by atoms with van der Waals surface area (Å²) in [5.41, 5.74) is 2.07. The SMILES string of the molecule is COc1ccc(C(C)NCc2cccc(F)c2Br)cc1. The molecule has 0 amide bonds. The van der Waals surface area contributed by atoms with E-state index in [9.17, 15) is 4.39 Å². The lowest BCUT2D eigenvalue weighted by Gasteiger charge is -2.15. The summed E-state index contributed by atoms with van der Waals surface area (Å²) in [5, 5.41) is 3.38. The van der Waals surface area contributed by atoms with E-state index in [1.54, 1.807) is 13.2 Å². The molecule has 1 N–H and O–H groups in total. The number of rotatable bonds is 5. The Bertz CT molecular complexity index is 571. The van der Waals surface area contributed by atoms with E-state index < -0.39 is 0 Å². The highest BCUT2D eigenvalue weighted by Gasteiger charge is 2.08. The minimum absolute atomic E-state index is 0.177. The van der Waals surface area contributed by atoms with Gasteiger partial charge in [-0.3, -0.25) is 0 Å². The Labute approximate surface area is 127 Å². The van der Waals surface area contributed by atoms with Gasteiger partial charge in [0.2, 0.25) is 0 Å². The smallest absolute Gasteiger partial charge is 0.137 e. The Morgan fingerprint density at radius 3 is 2.55 bits per heavy atom. The topological polar surface area (TPSA) is 21.3 Å². The first kappa shape index (κ1) is 15.0. The monoisotopic (exact) mass is 337 g/mol. The molecule has 0 saturated carbocycles. The van der Waals surface area contributed by atoms with E-state index in [2.05, 4.69) is 28.2 Å². The Morgan fingerprint density at radius 1 is 1.20 bits per heavy atom. The molecule has 0 aliphatic carbocycles. The summed E-state index contributed by atoms with van der Waals surface area (Å²) in [4.78, 5) is 0. The zero-order chi connectivity index (χ0) is 14.5. The molecule has 1 unspecified atom stereocenters.